The molecule has 0 aliphatic heterocycles. The van der Waals surface area contributed by atoms with E-state index in [-0.39, 0.29) is 24.4 Å². The van der Waals surface area contributed by atoms with Gasteiger partial charge in [-0.2, -0.15) is 0 Å². The van der Waals surface area contributed by atoms with Crippen molar-refractivity contribution in [3.8, 4) is 17.4 Å². The SMILES string of the molecule is CCOc1ccccc1Oc1ccc(CNC(=O)N(Cc2ccccc2F)C2CC2)cn1. The molecule has 0 radical (unpaired) electrons. The molecular weight excluding hydrogens is 409 g/mol. The van der Waals surface area contributed by atoms with Gasteiger partial charge in [-0.25, -0.2) is 14.2 Å². The molecule has 0 saturated heterocycles. The smallest absolute Gasteiger partial charge is 0.318 e. The number of para-hydroxylation sites is 2. The normalized spacial score (nSPS) is 12.8. The molecule has 3 aromatic rings. The lowest BCUT2D eigenvalue weighted by Gasteiger charge is -2.23. The largest absolute Gasteiger partial charge is 0.490 e. The fourth-order valence-corrected chi connectivity index (χ4v) is 3.34. The minimum absolute atomic E-state index is 0.161. The van der Waals surface area contributed by atoms with Crippen LogP contribution < -0.4 is 14.8 Å². The molecule has 1 aliphatic carbocycles. The van der Waals surface area contributed by atoms with Gasteiger partial charge in [0.2, 0.25) is 5.88 Å². The van der Waals surface area contributed by atoms with Crippen molar-refractivity contribution < 1.29 is 18.7 Å². The van der Waals surface area contributed by atoms with Crippen LogP contribution in [0.5, 0.6) is 17.4 Å². The third kappa shape index (κ3) is 5.55. The predicted molar refractivity (Wildman–Crippen MR) is 119 cm³/mol. The highest BCUT2D eigenvalue weighted by molar-refractivity contribution is 5.75. The molecule has 2 amide bonds. The number of carbonyl (C=O) groups is 1. The lowest BCUT2D eigenvalue weighted by molar-refractivity contribution is 0.191. The lowest BCUT2D eigenvalue weighted by Crippen LogP contribution is -2.40. The summed E-state index contributed by atoms with van der Waals surface area (Å²) in [5, 5.41) is 2.92. The van der Waals surface area contributed by atoms with Crippen molar-refractivity contribution in [3.05, 3.63) is 83.8 Å². The van der Waals surface area contributed by atoms with Crippen LogP contribution in [-0.4, -0.2) is 28.6 Å². The zero-order valence-corrected chi connectivity index (χ0v) is 18.0. The molecule has 166 valence electrons. The molecule has 6 nitrogen and oxygen atoms in total. The highest BCUT2D eigenvalue weighted by Gasteiger charge is 2.33. The van der Waals surface area contributed by atoms with Gasteiger partial charge in [-0.15, -0.1) is 0 Å². The Morgan fingerprint density at radius 2 is 1.84 bits per heavy atom. The maximum Gasteiger partial charge on any atom is 0.318 e. The number of nitrogens with zero attached hydrogens (tertiary/aromatic N) is 2. The fraction of sp³-hybridized carbons (Fsp3) is 0.280. The first-order valence-electron chi connectivity index (χ1n) is 10.8. The van der Waals surface area contributed by atoms with E-state index in [9.17, 15) is 9.18 Å². The van der Waals surface area contributed by atoms with Crippen LogP contribution in [0, 0.1) is 5.82 Å². The van der Waals surface area contributed by atoms with E-state index in [1.807, 2.05) is 37.3 Å². The van der Waals surface area contributed by atoms with Crippen LogP contribution in [0.1, 0.15) is 30.9 Å². The Morgan fingerprint density at radius 3 is 2.53 bits per heavy atom. The number of carbonyl (C=O) groups excluding carboxylic acids is 1. The van der Waals surface area contributed by atoms with E-state index in [1.54, 1.807) is 35.4 Å². The number of halogens is 1. The van der Waals surface area contributed by atoms with Gasteiger partial charge in [0.05, 0.1) is 13.2 Å². The number of ether oxygens (including phenoxy) is 2. The van der Waals surface area contributed by atoms with Gasteiger partial charge in [-0.05, 0) is 43.5 Å². The molecule has 7 heteroatoms. The third-order valence-corrected chi connectivity index (χ3v) is 5.15. The molecule has 0 atom stereocenters. The van der Waals surface area contributed by atoms with Gasteiger partial charge in [0, 0.05) is 30.4 Å². The van der Waals surface area contributed by atoms with Crippen molar-refractivity contribution in [1.29, 1.82) is 0 Å². The van der Waals surface area contributed by atoms with Crippen LogP contribution in [0.3, 0.4) is 0 Å². The minimum atomic E-state index is -0.295. The number of benzene rings is 2. The number of aromatic nitrogens is 1. The maximum absolute atomic E-state index is 14.0. The van der Waals surface area contributed by atoms with Crippen molar-refractivity contribution in [2.45, 2.75) is 38.9 Å². The second-order valence-electron chi connectivity index (χ2n) is 7.60. The third-order valence-electron chi connectivity index (χ3n) is 5.15. The summed E-state index contributed by atoms with van der Waals surface area (Å²) in [7, 11) is 0. The van der Waals surface area contributed by atoms with Crippen molar-refractivity contribution in [2.24, 2.45) is 0 Å². The van der Waals surface area contributed by atoms with E-state index in [1.165, 1.54) is 6.07 Å². The predicted octanol–water partition coefficient (Wildman–Crippen LogP) is 5.29. The van der Waals surface area contributed by atoms with E-state index in [4.69, 9.17) is 9.47 Å². The summed E-state index contributed by atoms with van der Waals surface area (Å²) in [6.07, 6.45) is 3.55. The zero-order chi connectivity index (χ0) is 22.3. The molecule has 2 aromatic carbocycles. The number of hydrogen-bond donors (Lipinski definition) is 1. The van der Waals surface area contributed by atoms with E-state index in [2.05, 4.69) is 10.3 Å². The van der Waals surface area contributed by atoms with E-state index in [0.29, 0.717) is 36.1 Å². The molecule has 32 heavy (non-hydrogen) atoms. The van der Waals surface area contributed by atoms with Crippen molar-refractivity contribution in [1.82, 2.24) is 15.2 Å². The molecule has 0 bridgehead atoms. The Bertz CT molecular complexity index is 1050. The number of urea groups is 1. The molecule has 1 fully saturated rings. The molecule has 4 rings (SSSR count). The molecule has 0 unspecified atom stereocenters. The summed E-state index contributed by atoms with van der Waals surface area (Å²) in [5.41, 5.74) is 1.36. The molecule has 1 heterocycles. The Labute approximate surface area is 187 Å². The molecule has 1 saturated carbocycles. The number of pyridine rings is 1. The molecule has 1 aromatic heterocycles. The Kier molecular flexibility index (Phi) is 6.84. The summed E-state index contributed by atoms with van der Waals surface area (Å²) in [5.74, 6) is 1.39. The molecule has 1 aliphatic rings. The monoisotopic (exact) mass is 435 g/mol. The number of rotatable bonds is 9. The molecular formula is C25H26FN3O3. The van der Waals surface area contributed by atoms with Gasteiger partial charge < -0.3 is 19.7 Å². The number of amides is 2. The summed E-state index contributed by atoms with van der Waals surface area (Å²) in [6, 6.07) is 17.5. The second-order valence-corrected chi connectivity index (χ2v) is 7.60. The van der Waals surface area contributed by atoms with Crippen LogP contribution in [0.4, 0.5) is 9.18 Å². The standard InChI is InChI=1S/C25H26FN3O3/c1-2-31-22-9-5-6-10-23(22)32-24-14-11-18(15-27-24)16-28-25(30)29(20-12-13-20)17-19-7-3-4-8-21(19)26/h3-11,14-15,20H,2,12-13,16-17H2,1H3,(H,28,30). The van der Waals surface area contributed by atoms with E-state index in [0.717, 1.165) is 18.4 Å². The first kappa shape index (κ1) is 21.6. The molecule has 0 spiro atoms. The van der Waals surface area contributed by atoms with E-state index < -0.39 is 0 Å². The second kappa shape index (κ2) is 10.1. The zero-order valence-electron chi connectivity index (χ0n) is 18.0. The quantitative estimate of drug-likeness (QED) is 0.496. The highest BCUT2D eigenvalue weighted by Crippen LogP contribution is 2.31. The van der Waals surface area contributed by atoms with Crippen molar-refractivity contribution in [2.75, 3.05) is 6.61 Å². The highest BCUT2D eigenvalue weighted by atomic mass is 19.1. The molecule has 1 N–H and O–H groups in total. The Morgan fingerprint density at radius 1 is 1.09 bits per heavy atom. The van der Waals surface area contributed by atoms with Gasteiger partial charge in [-0.3, -0.25) is 0 Å². The summed E-state index contributed by atoms with van der Waals surface area (Å²) in [6.45, 7) is 3.04. The number of hydrogen-bond acceptors (Lipinski definition) is 4. The Hall–Kier alpha value is -3.61. The van der Waals surface area contributed by atoms with Crippen LogP contribution in [0.2, 0.25) is 0 Å². The average molecular weight is 435 g/mol. The lowest BCUT2D eigenvalue weighted by atomic mass is 10.2. The summed E-state index contributed by atoms with van der Waals surface area (Å²) in [4.78, 5) is 18.8. The van der Waals surface area contributed by atoms with Crippen molar-refractivity contribution in [3.63, 3.8) is 0 Å². The van der Waals surface area contributed by atoms with Crippen LogP contribution >= 0.6 is 0 Å². The number of nitrogens with one attached hydrogen (secondary N) is 1. The van der Waals surface area contributed by atoms with Gasteiger partial charge in [0.15, 0.2) is 11.5 Å². The van der Waals surface area contributed by atoms with Crippen LogP contribution in [0.15, 0.2) is 66.9 Å². The minimum Gasteiger partial charge on any atom is -0.490 e. The fourth-order valence-electron chi connectivity index (χ4n) is 3.34. The first-order chi connectivity index (χ1) is 15.6. The van der Waals surface area contributed by atoms with Gasteiger partial charge in [0.25, 0.3) is 0 Å². The maximum atomic E-state index is 14.0. The van der Waals surface area contributed by atoms with Crippen molar-refractivity contribution >= 4 is 6.03 Å². The van der Waals surface area contributed by atoms with Crippen LogP contribution in [0.25, 0.3) is 0 Å². The Balaban J connectivity index is 1.34. The summed E-state index contributed by atoms with van der Waals surface area (Å²) < 4.78 is 25.4. The van der Waals surface area contributed by atoms with Gasteiger partial charge >= 0.3 is 6.03 Å². The van der Waals surface area contributed by atoms with Crippen LogP contribution in [-0.2, 0) is 13.1 Å². The first-order valence-corrected chi connectivity index (χ1v) is 10.8. The van der Waals surface area contributed by atoms with E-state index >= 15 is 0 Å². The van der Waals surface area contributed by atoms with Gasteiger partial charge in [-0.1, -0.05) is 36.4 Å². The average Bonchev–Trinajstić information content (AvgIpc) is 3.65. The summed E-state index contributed by atoms with van der Waals surface area (Å²) >= 11 is 0. The van der Waals surface area contributed by atoms with Gasteiger partial charge in [0.1, 0.15) is 5.82 Å². The topological polar surface area (TPSA) is 63.7 Å².